The predicted molar refractivity (Wildman–Crippen MR) is 88.6 cm³/mol. The molecule has 3 unspecified atom stereocenters. The molecule has 2 rings (SSSR count). The van der Waals surface area contributed by atoms with Gasteiger partial charge >= 0.3 is 0 Å². The van der Waals surface area contributed by atoms with Crippen LogP contribution in [0.1, 0.15) is 57.6 Å². The van der Waals surface area contributed by atoms with Gasteiger partial charge in [0.05, 0.1) is 10.0 Å². The Hall–Kier alpha value is -0.240. The van der Waals surface area contributed by atoms with Crippen LogP contribution in [0.25, 0.3) is 0 Å². The van der Waals surface area contributed by atoms with Gasteiger partial charge in [-0.15, -0.1) is 0 Å². The summed E-state index contributed by atoms with van der Waals surface area (Å²) in [5.41, 5.74) is 1.21. The van der Waals surface area contributed by atoms with E-state index in [9.17, 15) is 0 Å². The predicted octanol–water partition coefficient (Wildman–Crippen LogP) is 5.86. The molecule has 0 amide bonds. The molecule has 0 radical (unpaired) electrons. The highest BCUT2D eigenvalue weighted by Gasteiger charge is 2.18. The Bertz CT molecular complexity index is 433. The Morgan fingerprint density at radius 3 is 2.75 bits per heavy atom. The summed E-state index contributed by atoms with van der Waals surface area (Å²) in [6.07, 6.45) is 6.93. The average molecular weight is 314 g/mol. The van der Waals surface area contributed by atoms with Crippen molar-refractivity contribution in [2.75, 3.05) is 6.54 Å². The van der Waals surface area contributed by atoms with E-state index >= 15 is 0 Å². The third kappa shape index (κ3) is 4.65. The van der Waals surface area contributed by atoms with Gasteiger partial charge in [0.25, 0.3) is 0 Å². The molecule has 1 aliphatic carbocycles. The highest BCUT2D eigenvalue weighted by molar-refractivity contribution is 6.42. The molecule has 3 atom stereocenters. The molecule has 0 saturated heterocycles. The zero-order valence-corrected chi connectivity index (χ0v) is 14.0. The molecule has 1 fully saturated rings. The first-order valence-corrected chi connectivity index (χ1v) is 8.50. The maximum absolute atomic E-state index is 6.07. The third-order valence-corrected chi connectivity index (χ3v) is 5.23. The number of hydrogen-bond acceptors (Lipinski definition) is 1. The van der Waals surface area contributed by atoms with Gasteiger partial charge in [0.1, 0.15) is 0 Å². The molecule has 0 bridgehead atoms. The minimum atomic E-state index is 0.325. The Labute approximate surface area is 133 Å². The lowest BCUT2D eigenvalue weighted by Gasteiger charge is -2.27. The van der Waals surface area contributed by atoms with Crippen molar-refractivity contribution in [3.8, 4) is 0 Å². The van der Waals surface area contributed by atoms with E-state index in [0.717, 1.165) is 18.4 Å². The van der Waals surface area contributed by atoms with E-state index in [1.54, 1.807) is 0 Å². The highest BCUT2D eigenvalue weighted by atomic mass is 35.5. The molecule has 3 heteroatoms. The molecule has 112 valence electrons. The summed E-state index contributed by atoms with van der Waals surface area (Å²) in [5, 5.41) is 4.87. The van der Waals surface area contributed by atoms with Gasteiger partial charge in [0.15, 0.2) is 0 Å². The fraction of sp³-hybridized carbons (Fsp3) is 0.647. The molecule has 0 spiro atoms. The minimum Gasteiger partial charge on any atom is -0.310 e. The molecule has 1 aromatic carbocycles. The Balaban J connectivity index is 1.77. The highest BCUT2D eigenvalue weighted by Crippen LogP contribution is 2.30. The van der Waals surface area contributed by atoms with Crippen molar-refractivity contribution < 1.29 is 0 Å². The van der Waals surface area contributed by atoms with Crippen molar-refractivity contribution in [2.45, 2.75) is 52.0 Å². The first kappa shape index (κ1) is 16.1. The van der Waals surface area contributed by atoms with Crippen LogP contribution < -0.4 is 5.32 Å². The molecular weight excluding hydrogens is 289 g/mol. The molecule has 1 aromatic rings. The largest absolute Gasteiger partial charge is 0.310 e. The molecule has 0 aromatic heterocycles. The standard InChI is InChI=1S/C17H25Cl2N/c1-12-4-3-5-14(10-12)8-9-20-13(2)15-6-7-16(18)17(19)11-15/h6-7,11-14,20H,3-5,8-10H2,1-2H3. The smallest absolute Gasteiger partial charge is 0.0595 e. The number of halogens is 2. The summed E-state index contributed by atoms with van der Waals surface area (Å²) in [7, 11) is 0. The molecule has 1 N–H and O–H groups in total. The zero-order chi connectivity index (χ0) is 14.5. The fourth-order valence-electron chi connectivity index (χ4n) is 3.23. The number of hydrogen-bond donors (Lipinski definition) is 1. The van der Waals surface area contributed by atoms with Crippen LogP contribution in [-0.2, 0) is 0 Å². The van der Waals surface area contributed by atoms with Gasteiger partial charge in [-0.2, -0.15) is 0 Å². The molecule has 1 nitrogen and oxygen atoms in total. The normalized spacial score (nSPS) is 24.6. The second-order valence-corrected chi connectivity index (χ2v) is 7.09. The van der Waals surface area contributed by atoms with Crippen LogP contribution >= 0.6 is 23.2 Å². The monoisotopic (exact) mass is 313 g/mol. The summed E-state index contributed by atoms with van der Waals surface area (Å²) in [5.74, 6) is 1.83. The van der Waals surface area contributed by atoms with Crippen molar-refractivity contribution in [3.63, 3.8) is 0 Å². The lowest BCUT2D eigenvalue weighted by molar-refractivity contribution is 0.265. The summed E-state index contributed by atoms with van der Waals surface area (Å²) in [4.78, 5) is 0. The second-order valence-electron chi connectivity index (χ2n) is 6.28. The van der Waals surface area contributed by atoms with Crippen molar-refractivity contribution in [2.24, 2.45) is 11.8 Å². The lowest BCUT2D eigenvalue weighted by atomic mass is 9.81. The van der Waals surface area contributed by atoms with Crippen molar-refractivity contribution in [1.82, 2.24) is 5.32 Å². The SMILES string of the molecule is CC1CCCC(CCNC(C)c2ccc(Cl)c(Cl)c2)C1. The van der Waals surface area contributed by atoms with Gasteiger partial charge in [0.2, 0.25) is 0 Å². The molecule has 0 aliphatic heterocycles. The second kappa shape index (κ2) is 7.68. The third-order valence-electron chi connectivity index (χ3n) is 4.49. The van der Waals surface area contributed by atoms with Crippen LogP contribution in [0.15, 0.2) is 18.2 Å². The topological polar surface area (TPSA) is 12.0 Å². The maximum atomic E-state index is 6.07. The van der Waals surface area contributed by atoms with Crippen LogP contribution in [0.2, 0.25) is 10.0 Å². The summed E-state index contributed by atoms with van der Waals surface area (Å²) in [6, 6.07) is 6.21. The van der Waals surface area contributed by atoms with E-state index in [2.05, 4.69) is 25.2 Å². The number of rotatable bonds is 5. The van der Waals surface area contributed by atoms with Crippen LogP contribution in [0.3, 0.4) is 0 Å². The lowest BCUT2D eigenvalue weighted by Crippen LogP contribution is -2.23. The van der Waals surface area contributed by atoms with Crippen LogP contribution in [-0.4, -0.2) is 6.54 Å². The van der Waals surface area contributed by atoms with E-state index in [-0.39, 0.29) is 0 Å². The Morgan fingerprint density at radius 1 is 1.25 bits per heavy atom. The van der Waals surface area contributed by atoms with Gasteiger partial charge in [-0.1, -0.05) is 55.5 Å². The van der Waals surface area contributed by atoms with Crippen LogP contribution in [0.5, 0.6) is 0 Å². The first-order chi connectivity index (χ1) is 9.56. The summed E-state index contributed by atoms with van der Waals surface area (Å²) in [6.45, 7) is 5.65. The van der Waals surface area contributed by atoms with Crippen LogP contribution in [0, 0.1) is 11.8 Å². The van der Waals surface area contributed by atoms with Gasteiger partial charge in [-0.3, -0.25) is 0 Å². The Kier molecular flexibility index (Phi) is 6.20. The van der Waals surface area contributed by atoms with Gasteiger partial charge in [0, 0.05) is 6.04 Å². The molecule has 0 heterocycles. The fourth-order valence-corrected chi connectivity index (χ4v) is 3.53. The molecule has 1 saturated carbocycles. The van der Waals surface area contributed by atoms with E-state index in [0.29, 0.717) is 16.1 Å². The number of nitrogens with one attached hydrogen (secondary N) is 1. The van der Waals surface area contributed by atoms with E-state index < -0.39 is 0 Å². The van der Waals surface area contributed by atoms with E-state index in [1.807, 2.05) is 12.1 Å². The summed E-state index contributed by atoms with van der Waals surface area (Å²) < 4.78 is 0. The van der Waals surface area contributed by atoms with Crippen molar-refractivity contribution in [3.05, 3.63) is 33.8 Å². The van der Waals surface area contributed by atoms with Crippen molar-refractivity contribution in [1.29, 1.82) is 0 Å². The maximum Gasteiger partial charge on any atom is 0.0595 e. The number of benzene rings is 1. The molecule has 20 heavy (non-hydrogen) atoms. The van der Waals surface area contributed by atoms with Crippen molar-refractivity contribution >= 4 is 23.2 Å². The van der Waals surface area contributed by atoms with E-state index in [4.69, 9.17) is 23.2 Å². The molecule has 1 aliphatic rings. The average Bonchev–Trinajstić information content (AvgIpc) is 2.42. The zero-order valence-electron chi connectivity index (χ0n) is 12.5. The van der Waals surface area contributed by atoms with E-state index in [1.165, 1.54) is 37.7 Å². The van der Waals surface area contributed by atoms with Crippen LogP contribution in [0.4, 0.5) is 0 Å². The Morgan fingerprint density at radius 2 is 2.05 bits per heavy atom. The first-order valence-electron chi connectivity index (χ1n) is 7.74. The van der Waals surface area contributed by atoms with Gasteiger partial charge < -0.3 is 5.32 Å². The molecular formula is C17H25Cl2N. The van der Waals surface area contributed by atoms with Gasteiger partial charge in [-0.25, -0.2) is 0 Å². The quantitative estimate of drug-likeness (QED) is 0.717. The van der Waals surface area contributed by atoms with Gasteiger partial charge in [-0.05, 0) is 55.8 Å². The minimum absolute atomic E-state index is 0.325. The summed E-state index contributed by atoms with van der Waals surface area (Å²) >= 11 is 12.0.